The smallest absolute Gasteiger partial charge is 0.211 e. The molecule has 0 bridgehead atoms. The summed E-state index contributed by atoms with van der Waals surface area (Å²) in [6, 6.07) is 7.16. The molecule has 0 atom stereocenters. The maximum atomic E-state index is 11.7. The summed E-state index contributed by atoms with van der Waals surface area (Å²) < 4.78 is 25.9. The van der Waals surface area contributed by atoms with Gasteiger partial charge >= 0.3 is 0 Å². The van der Waals surface area contributed by atoms with Crippen molar-refractivity contribution in [2.45, 2.75) is 19.9 Å². The molecule has 0 spiro atoms. The van der Waals surface area contributed by atoms with E-state index in [4.69, 9.17) is 11.6 Å². The first-order valence-electron chi connectivity index (χ1n) is 5.96. The summed E-state index contributed by atoms with van der Waals surface area (Å²) in [5.74, 6) is 0.139. The summed E-state index contributed by atoms with van der Waals surface area (Å²) in [7, 11) is -3.21. The fraction of sp³-hybridized carbons (Fsp3) is 0.500. The summed E-state index contributed by atoms with van der Waals surface area (Å²) in [6.45, 7) is 3.85. The lowest BCUT2D eigenvalue weighted by Crippen LogP contribution is -2.28. The van der Waals surface area contributed by atoms with Gasteiger partial charge in [-0.3, -0.25) is 0 Å². The topological polar surface area (TPSA) is 58.2 Å². The van der Waals surface area contributed by atoms with Crippen LogP contribution in [0.25, 0.3) is 0 Å². The summed E-state index contributed by atoms with van der Waals surface area (Å²) in [5.41, 5.74) is 0.859. The highest BCUT2D eigenvalue weighted by molar-refractivity contribution is 7.89. The van der Waals surface area contributed by atoms with Crippen LogP contribution in [-0.2, 0) is 16.6 Å². The van der Waals surface area contributed by atoms with E-state index in [-0.39, 0.29) is 12.3 Å². The SMILES string of the molecule is CCNCCCS(=O)(=O)NCc1cccc(Cl)c1. The predicted octanol–water partition coefficient (Wildman–Crippen LogP) is 1.76. The quantitative estimate of drug-likeness (QED) is 0.717. The number of hydrogen-bond donors (Lipinski definition) is 2. The highest BCUT2D eigenvalue weighted by atomic mass is 35.5. The standard InChI is InChI=1S/C12H19ClN2O2S/c1-2-14-7-4-8-18(16,17)15-10-11-5-3-6-12(13)9-11/h3,5-6,9,14-15H,2,4,7-8,10H2,1H3. The fourth-order valence-electron chi connectivity index (χ4n) is 1.48. The molecule has 0 saturated carbocycles. The van der Waals surface area contributed by atoms with Gasteiger partial charge in [-0.05, 0) is 37.2 Å². The second kappa shape index (κ2) is 7.74. The van der Waals surface area contributed by atoms with Crippen LogP contribution in [0.3, 0.4) is 0 Å². The molecule has 1 aromatic carbocycles. The Morgan fingerprint density at radius 2 is 2.11 bits per heavy atom. The Balaban J connectivity index is 2.37. The molecule has 0 radical (unpaired) electrons. The highest BCUT2D eigenvalue weighted by Gasteiger charge is 2.09. The molecule has 0 aliphatic carbocycles. The molecule has 0 aromatic heterocycles. The normalized spacial score (nSPS) is 11.7. The number of benzene rings is 1. The van der Waals surface area contributed by atoms with E-state index < -0.39 is 10.0 Å². The number of sulfonamides is 1. The van der Waals surface area contributed by atoms with Crippen molar-refractivity contribution >= 4 is 21.6 Å². The zero-order chi connectivity index (χ0) is 13.4. The molecule has 18 heavy (non-hydrogen) atoms. The lowest BCUT2D eigenvalue weighted by Gasteiger charge is -2.07. The first-order chi connectivity index (χ1) is 8.53. The molecule has 102 valence electrons. The van der Waals surface area contributed by atoms with Crippen molar-refractivity contribution in [3.05, 3.63) is 34.9 Å². The Bertz CT molecular complexity index is 463. The first-order valence-corrected chi connectivity index (χ1v) is 7.99. The summed E-state index contributed by atoms with van der Waals surface area (Å²) in [4.78, 5) is 0. The van der Waals surface area contributed by atoms with Crippen molar-refractivity contribution in [1.82, 2.24) is 10.0 Å². The van der Waals surface area contributed by atoms with Gasteiger partial charge in [0.1, 0.15) is 0 Å². The average molecular weight is 291 g/mol. The van der Waals surface area contributed by atoms with Gasteiger partial charge in [-0.15, -0.1) is 0 Å². The molecule has 0 saturated heterocycles. The summed E-state index contributed by atoms with van der Waals surface area (Å²) >= 11 is 5.83. The van der Waals surface area contributed by atoms with Crippen molar-refractivity contribution in [2.24, 2.45) is 0 Å². The number of nitrogens with one attached hydrogen (secondary N) is 2. The predicted molar refractivity (Wildman–Crippen MR) is 75.2 cm³/mol. The molecule has 0 aliphatic heterocycles. The fourth-order valence-corrected chi connectivity index (χ4v) is 2.74. The Morgan fingerprint density at radius 1 is 1.33 bits per heavy atom. The van der Waals surface area contributed by atoms with Gasteiger partial charge in [-0.25, -0.2) is 13.1 Å². The van der Waals surface area contributed by atoms with Crippen LogP contribution in [0.4, 0.5) is 0 Å². The molecular weight excluding hydrogens is 272 g/mol. The van der Waals surface area contributed by atoms with Gasteiger partial charge in [0.05, 0.1) is 5.75 Å². The van der Waals surface area contributed by atoms with E-state index in [2.05, 4.69) is 10.0 Å². The van der Waals surface area contributed by atoms with E-state index in [1.165, 1.54) is 0 Å². The molecule has 0 aliphatic rings. The van der Waals surface area contributed by atoms with Crippen LogP contribution in [0.2, 0.25) is 5.02 Å². The number of hydrogen-bond acceptors (Lipinski definition) is 3. The van der Waals surface area contributed by atoms with Crippen molar-refractivity contribution < 1.29 is 8.42 Å². The second-order valence-electron chi connectivity index (χ2n) is 3.98. The van der Waals surface area contributed by atoms with Crippen LogP contribution in [0.5, 0.6) is 0 Å². The molecule has 6 heteroatoms. The zero-order valence-electron chi connectivity index (χ0n) is 10.4. The Hall–Kier alpha value is -0.620. The third-order valence-electron chi connectivity index (χ3n) is 2.40. The molecular formula is C12H19ClN2O2S. The second-order valence-corrected chi connectivity index (χ2v) is 6.34. The van der Waals surface area contributed by atoms with E-state index >= 15 is 0 Å². The van der Waals surface area contributed by atoms with Crippen LogP contribution >= 0.6 is 11.6 Å². The average Bonchev–Trinajstić information content (AvgIpc) is 2.33. The van der Waals surface area contributed by atoms with Crippen LogP contribution in [0.1, 0.15) is 18.9 Å². The maximum Gasteiger partial charge on any atom is 0.211 e. The summed E-state index contributed by atoms with van der Waals surface area (Å²) in [5, 5.41) is 3.70. The van der Waals surface area contributed by atoms with Crippen molar-refractivity contribution in [3.63, 3.8) is 0 Å². The van der Waals surface area contributed by atoms with Gasteiger partial charge in [-0.1, -0.05) is 30.7 Å². The number of halogens is 1. The minimum Gasteiger partial charge on any atom is -0.317 e. The minimum absolute atomic E-state index is 0.139. The maximum absolute atomic E-state index is 11.7. The van der Waals surface area contributed by atoms with E-state index in [1.54, 1.807) is 18.2 Å². The lowest BCUT2D eigenvalue weighted by molar-refractivity contribution is 0.575. The van der Waals surface area contributed by atoms with Gasteiger partial charge in [0.25, 0.3) is 0 Å². The Labute approximate surface area is 114 Å². The molecule has 1 rings (SSSR count). The van der Waals surface area contributed by atoms with Crippen molar-refractivity contribution in [3.8, 4) is 0 Å². The molecule has 1 aromatic rings. The van der Waals surface area contributed by atoms with E-state index in [0.29, 0.717) is 18.0 Å². The Kier molecular flexibility index (Phi) is 6.63. The van der Waals surface area contributed by atoms with Crippen LogP contribution in [-0.4, -0.2) is 27.3 Å². The monoisotopic (exact) mass is 290 g/mol. The molecule has 0 unspecified atom stereocenters. The lowest BCUT2D eigenvalue weighted by atomic mass is 10.2. The number of rotatable bonds is 8. The zero-order valence-corrected chi connectivity index (χ0v) is 12.0. The van der Waals surface area contributed by atoms with Crippen molar-refractivity contribution in [2.75, 3.05) is 18.8 Å². The molecule has 2 N–H and O–H groups in total. The molecule has 0 heterocycles. The first kappa shape index (κ1) is 15.4. The molecule has 0 amide bonds. The van der Waals surface area contributed by atoms with Gasteiger partial charge in [0.2, 0.25) is 10.0 Å². The van der Waals surface area contributed by atoms with Gasteiger partial charge < -0.3 is 5.32 Å². The largest absolute Gasteiger partial charge is 0.317 e. The van der Waals surface area contributed by atoms with E-state index in [0.717, 1.165) is 12.1 Å². The van der Waals surface area contributed by atoms with Crippen molar-refractivity contribution in [1.29, 1.82) is 0 Å². The third-order valence-corrected chi connectivity index (χ3v) is 4.05. The van der Waals surface area contributed by atoms with E-state index in [1.807, 2.05) is 13.0 Å². The van der Waals surface area contributed by atoms with E-state index in [9.17, 15) is 8.42 Å². The summed E-state index contributed by atoms with van der Waals surface area (Å²) in [6.07, 6.45) is 0.610. The van der Waals surface area contributed by atoms with Gasteiger partial charge in [-0.2, -0.15) is 0 Å². The third kappa shape index (κ3) is 6.35. The molecule has 0 fully saturated rings. The van der Waals surface area contributed by atoms with Crippen LogP contribution < -0.4 is 10.0 Å². The Morgan fingerprint density at radius 3 is 2.78 bits per heavy atom. The minimum atomic E-state index is -3.21. The van der Waals surface area contributed by atoms with Gasteiger partial charge in [0, 0.05) is 11.6 Å². The van der Waals surface area contributed by atoms with Crippen LogP contribution in [0, 0.1) is 0 Å². The highest BCUT2D eigenvalue weighted by Crippen LogP contribution is 2.10. The van der Waals surface area contributed by atoms with Gasteiger partial charge in [0.15, 0.2) is 0 Å². The van der Waals surface area contributed by atoms with Crippen LogP contribution in [0.15, 0.2) is 24.3 Å². The molecule has 4 nitrogen and oxygen atoms in total.